The summed E-state index contributed by atoms with van der Waals surface area (Å²) < 4.78 is 0. The highest BCUT2D eigenvalue weighted by atomic mass is 14.9. The lowest BCUT2D eigenvalue weighted by Crippen LogP contribution is -2.06. The fourth-order valence-electron chi connectivity index (χ4n) is 1.77. The van der Waals surface area contributed by atoms with Crippen LogP contribution in [0.1, 0.15) is 24.1 Å². The van der Waals surface area contributed by atoms with Crippen LogP contribution >= 0.6 is 0 Å². The molecule has 0 radical (unpaired) electrons. The molecular formula is C16H15N. The molecule has 2 rings (SSSR count). The van der Waals surface area contributed by atoms with Gasteiger partial charge in [-0.1, -0.05) is 42.3 Å². The highest BCUT2D eigenvalue weighted by Gasteiger charge is 2.04. The molecule has 0 aromatic heterocycles. The van der Waals surface area contributed by atoms with Crippen molar-refractivity contribution in [3.05, 3.63) is 65.7 Å². The molecular weight excluding hydrogens is 206 g/mol. The topological polar surface area (TPSA) is 12.0 Å². The Bertz CT molecular complexity index is 523. The largest absolute Gasteiger partial charge is 0.378 e. The Morgan fingerprint density at radius 3 is 2.53 bits per heavy atom. The third kappa shape index (κ3) is 2.89. The predicted molar refractivity (Wildman–Crippen MR) is 72.9 cm³/mol. The van der Waals surface area contributed by atoms with Crippen molar-refractivity contribution in [2.45, 2.75) is 13.0 Å². The molecule has 2 aromatic carbocycles. The van der Waals surface area contributed by atoms with E-state index in [1.54, 1.807) is 0 Å². The van der Waals surface area contributed by atoms with Crippen molar-refractivity contribution in [2.24, 2.45) is 0 Å². The quantitative estimate of drug-likeness (QED) is 0.776. The first-order valence-corrected chi connectivity index (χ1v) is 5.68. The van der Waals surface area contributed by atoms with Gasteiger partial charge in [-0.3, -0.25) is 0 Å². The second kappa shape index (κ2) is 5.23. The molecule has 17 heavy (non-hydrogen) atoms. The molecule has 0 aliphatic rings. The number of anilines is 1. The van der Waals surface area contributed by atoms with E-state index in [4.69, 9.17) is 6.42 Å². The molecule has 0 amide bonds. The fraction of sp³-hybridized carbons (Fsp3) is 0.125. The van der Waals surface area contributed by atoms with Gasteiger partial charge in [-0.2, -0.15) is 0 Å². The fourth-order valence-corrected chi connectivity index (χ4v) is 1.77. The van der Waals surface area contributed by atoms with Crippen LogP contribution in [0.2, 0.25) is 0 Å². The Balaban J connectivity index is 2.13. The maximum absolute atomic E-state index is 5.38. The second-order valence-electron chi connectivity index (χ2n) is 4.00. The summed E-state index contributed by atoms with van der Waals surface area (Å²) in [7, 11) is 0. The highest BCUT2D eigenvalue weighted by molar-refractivity contribution is 5.51. The van der Waals surface area contributed by atoms with Gasteiger partial charge in [-0.25, -0.2) is 0 Å². The molecule has 0 heterocycles. The Labute approximate surface area is 102 Å². The van der Waals surface area contributed by atoms with Gasteiger partial charge in [0.2, 0.25) is 0 Å². The van der Waals surface area contributed by atoms with E-state index in [0.717, 1.165) is 11.3 Å². The summed E-state index contributed by atoms with van der Waals surface area (Å²) in [5.74, 6) is 2.64. The van der Waals surface area contributed by atoms with Gasteiger partial charge in [-0.05, 0) is 30.7 Å². The van der Waals surface area contributed by atoms with Crippen LogP contribution in [0, 0.1) is 12.3 Å². The molecule has 0 fully saturated rings. The zero-order valence-corrected chi connectivity index (χ0v) is 9.85. The maximum atomic E-state index is 5.38. The van der Waals surface area contributed by atoms with Gasteiger partial charge in [0.05, 0.1) is 0 Å². The number of rotatable bonds is 3. The predicted octanol–water partition coefficient (Wildman–Crippen LogP) is 3.84. The van der Waals surface area contributed by atoms with Crippen molar-refractivity contribution in [3.63, 3.8) is 0 Å². The molecule has 0 saturated heterocycles. The lowest BCUT2D eigenvalue weighted by molar-refractivity contribution is 0.885. The minimum atomic E-state index is 0.268. The summed E-state index contributed by atoms with van der Waals surface area (Å²) in [5, 5.41) is 3.44. The molecule has 0 spiro atoms. The average Bonchev–Trinajstić information content (AvgIpc) is 2.40. The van der Waals surface area contributed by atoms with Gasteiger partial charge < -0.3 is 5.32 Å². The lowest BCUT2D eigenvalue weighted by atomic mass is 10.1. The van der Waals surface area contributed by atoms with E-state index in [2.05, 4.69) is 30.3 Å². The van der Waals surface area contributed by atoms with E-state index in [1.165, 1.54) is 5.56 Å². The zero-order chi connectivity index (χ0) is 12.1. The van der Waals surface area contributed by atoms with Crippen molar-refractivity contribution >= 4 is 5.69 Å². The van der Waals surface area contributed by atoms with E-state index in [1.807, 2.05) is 42.5 Å². The number of nitrogens with one attached hydrogen (secondary N) is 1. The third-order valence-corrected chi connectivity index (χ3v) is 2.71. The first-order valence-electron chi connectivity index (χ1n) is 5.68. The summed E-state index contributed by atoms with van der Waals surface area (Å²) in [5.41, 5.74) is 3.21. The molecule has 0 saturated carbocycles. The van der Waals surface area contributed by atoms with Crippen molar-refractivity contribution in [2.75, 3.05) is 5.32 Å². The van der Waals surface area contributed by atoms with Crippen LogP contribution in [0.15, 0.2) is 54.6 Å². The zero-order valence-electron chi connectivity index (χ0n) is 9.85. The van der Waals surface area contributed by atoms with Crippen molar-refractivity contribution < 1.29 is 0 Å². The Kier molecular flexibility index (Phi) is 3.47. The van der Waals surface area contributed by atoms with E-state index in [9.17, 15) is 0 Å². The van der Waals surface area contributed by atoms with Crippen LogP contribution in [0.25, 0.3) is 0 Å². The molecule has 1 N–H and O–H groups in total. The molecule has 0 bridgehead atoms. The van der Waals surface area contributed by atoms with Gasteiger partial charge in [0.15, 0.2) is 0 Å². The standard InChI is InChI=1S/C16H15N/c1-3-14-8-7-11-16(12-14)17-13(2)15-9-5-4-6-10-15/h1,4-13,17H,2H3. The van der Waals surface area contributed by atoms with Crippen molar-refractivity contribution in [1.82, 2.24) is 0 Å². The molecule has 1 nitrogen and oxygen atoms in total. The minimum Gasteiger partial charge on any atom is -0.378 e. The second-order valence-corrected chi connectivity index (χ2v) is 4.00. The van der Waals surface area contributed by atoms with Crippen molar-refractivity contribution in [3.8, 4) is 12.3 Å². The molecule has 1 atom stereocenters. The van der Waals surface area contributed by atoms with Crippen LogP contribution in [0.3, 0.4) is 0 Å². The van der Waals surface area contributed by atoms with E-state index in [-0.39, 0.29) is 6.04 Å². The maximum Gasteiger partial charge on any atom is 0.0485 e. The molecule has 0 aliphatic heterocycles. The van der Waals surface area contributed by atoms with Crippen LogP contribution in [-0.2, 0) is 0 Å². The summed E-state index contributed by atoms with van der Waals surface area (Å²) in [6.07, 6.45) is 5.38. The molecule has 0 aliphatic carbocycles. The number of hydrogen-bond donors (Lipinski definition) is 1. The third-order valence-electron chi connectivity index (χ3n) is 2.71. The normalized spacial score (nSPS) is 11.5. The van der Waals surface area contributed by atoms with Gasteiger partial charge in [0.25, 0.3) is 0 Å². The van der Waals surface area contributed by atoms with Gasteiger partial charge in [0.1, 0.15) is 0 Å². The summed E-state index contributed by atoms with van der Waals surface area (Å²) in [4.78, 5) is 0. The van der Waals surface area contributed by atoms with Gasteiger partial charge >= 0.3 is 0 Å². The molecule has 84 valence electrons. The van der Waals surface area contributed by atoms with Crippen LogP contribution in [0.4, 0.5) is 5.69 Å². The number of hydrogen-bond acceptors (Lipinski definition) is 1. The lowest BCUT2D eigenvalue weighted by Gasteiger charge is -2.15. The average molecular weight is 221 g/mol. The van der Waals surface area contributed by atoms with Crippen LogP contribution in [0.5, 0.6) is 0 Å². The minimum absolute atomic E-state index is 0.268. The summed E-state index contributed by atoms with van der Waals surface area (Å²) in [6, 6.07) is 18.5. The van der Waals surface area contributed by atoms with E-state index >= 15 is 0 Å². The Morgan fingerprint density at radius 2 is 1.82 bits per heavy atom. The number of terminal acetylenes is 1. The van der Waals surface area contributed by atoms with Crippen molar-refractivity contribution in [1.29, 1.82) is 0 Å². The van der Waals surface area contributed by atoms with Gasteiger partial charge in [0, 0.05) is 17.3 Å². The molecule has 1 heteroatoms. The first kappa shape index (κ1) is 11.3. The smallest absolute Gasteiger partial charge is 0.0485 e. The molecule has 1 unspecified atom stereocenters. The first-order chi connectivity index (χ1) is 8.29. The van der Waals surface area contributed by atoms with E-state index < -0.39 is 0 Å². The Hall–Kier alpha value is -2.20. The summed E-state index contributed by atoms with van der Waals surface area (Å²) >= 11 is 0. The van der Waals surface area contributed by atoms with Crippen LogP contribution in [-0.4, -0.2) is 0 Å². The van der Waals surface area contributed by atoms with E-state index in [0.29, 0.717) is 0 Å². The SMILES string of the molecule is C#Cc1cccc(NC(C)c2ccccc2)c1. The Morgan fingerprint density at radius 1 is 1.06 bits per heavy atom. The molecule has 2 aromatic rings. The monoisotopic (exact) mass is 221 g/mol. The summed E-state index contributed by atoms with van der Waals surface area (Å²) in [6.45, 7) is 2.14. The highest BCUT2D eigenvalue weighted by Crippen LogP contribution is 2.19. The van der Waals surface area contributed by atoms with Gasteiger partial charge in [-0.15, -0.1) is 6.42 Å². The van der Waals surface area contributed by atoms with Crippen LogP contribution < -0.4 is 5.32 Å². The number of benzene rings is 2.